The molecule has 25 heavy (non-hydrogen) atoms. The predicted molar refractivity (Wildman–Crippen MR) is 94.6 cm³/mol. The van der Waals surface area contributed by atoms with E-state index in [0.29, 0.717) is 43.5 Å². The highest BCUT2D eigenvalue weighted by atomic mass is 16.4. The summed E-state index contributed by atoms with van der Waals surface area (Å²) in [6.07, 6.45) is 3.38. The van der Waals surface area contributed by atoms with Crippen LogP contribution in [0.1, 0.15) is 49.4 Å². The molecule has 0 aromatic heterocycles. The van der Waals surface area contributed by atoms with Gasteiger partial charge in [0.2, 0.25) is 0 Å². The third kappa shape index (κ3) is 5.77. The Morgan fingerprint density at radius 1 is 1.08 bits per heavy atom. The van der Waals surface area contributed by atoms with Crippen molar-refractivity contribution in [1.29, 1.82) is 0 Å². The van der Waals surface area contributed by atoms with E-state index in [-0.39, 0.29) is 23.9 Å². The highest BCUT2D eigenvalue weighted by Crippen LogP contribution is 2.24. The molecule has 1 aromatic carbocycles. The lowest BCUT2D eigenvalue weighted by atomic mass is 9.86. The standard InChI is InChI=1S/C18H25N3O4/c1-2-11-19-16(22)12-3-7-14(8-4-12)20-18(25)21-15-9-5-13(6-10-15)17(23)24/h3-4,7-8,13,15H,2,5-6,9-11H2,1H3,(H,19,22)(H,23,24)(H2,20,21,25). The molecule has 1 aromatic rings. The SMILES string of the molecule is CCCNC(=O)c1ccc(NC(=O)NC2CCC(C(=O)O)CC2)cc1. The Kier molecular flexibility index (Phi) is 6.80. The van der Waals surface area contributed by atoms with Crippen molar-refractivity contribution >= 4 is 23.6 Å². The number of aliphatic carboxylic acids is 1. The maximum Gasteiger partial charge on any atom is 0.319 e. The summed E-state index contributed by atoms with van der Waals surface area (Å²) in [4.78, 5) is 34.8. The molecule has 0 bridgehead atoms. The summed E-state index contributed by atoms with van der Waals surface area (Å²) in [6, 6.07) is 6.37. The molecule has 0 heterocycles. The molecule has 0 saturated heterocycles. The highest BCUT2D eigenvalue weighted by Gasteiger charge is 2.26. The maximum absolute atomic E-state index is 12.0. The fraction of sp³-hybridized carbons (Fsp3) is 0.500. The fourth-order valence-electron chi connectivity index (χ4n) is 2.88. The number of amides is 3. The molecule has 0 radical (unpaired) electrons. The first-order chi connectivity index (χ1) is 12.0. The summed E-state index contributed by atoms with van der Waals surface area (Å²) < 4.78 is 0. The van der Waals surface area contributed by atoms with Crippen molar-refractivity contribution in [3.05, 3.63) is 29.8 Å². The second-order valence-corrected chi connectivity index (χ2v) is 6.32. The summed E-state index contributed by atoms with van der Waals surface area (Å²) in [5, 5.41) is 17.4. The lowest BCUT2D eigenvalue weighted by Crippen LogP contribution is -2.40. The number of hydrogen-bond acceptors (Lipinski definition) is 3. The average Bonchev–Trinajstić information content (AvgIpc) is 2.60. The maximum atomic E-state index is 12.0. The number of carbonyl (C=O) groups is 3. The van der Waals surface area contributed by atoms with Crippen molar-refractivity contribution in [2.75, 3.05) is 11.9 Å². The van der Waals surface area contributed by atoms with Gasteiger partial charge in [-0.25, -0.2) is 4.79 Å². The molecule has 136 valence electrons. The van der Waals surface area contributed by atoms with Crippen LogP contribution in [0.25, 0.3) is 0 Å². The third-order valence-electron chi connectivity index (χ3n) is 4.35. The van der Waals surface area contributed by atoms with E-state index in [2.05, 4.69) is 16.0 Å². The molecule has 0 aliphatic heterocycles. The zero-order valence-corrected chi connectivity index (χ0v) is 14.4. The number of carboxylic acids is 1. The number of carbonyl (C=O) groups excluding carboxylic acids is 2. The molecule has 0 spiro atoms. The zero-order valence-electron chi connectivity index (χ0n) is 14.4. The van der Waals surface area contributed by atoms with Crippen LogP contribution in [0, 0.1) is 5.92 Å². The number of anilines is 1. The quantitative estimate of drug-likeness (QED) is 0.634. The van der Waals surface area contributed by atoms with Crippen LogP contribution >= 0.6 is 0 Å². The van der Waals surface area contributed by atoms with Crippen LogP contribution in [-0.4, -0.2) is 35.6 Å². The second kappa shape index (κ2) is 9.05. The third-order valence-corrected chi connectivity index (χ3v) is 4.35. The summed E-state index contributed by atoms with van der Waals surface area (Å²) in [5.74, 6) is -1.19. The molecule has 0 atom stereocenters. The molecule has 0 unspecified atom stereocenters. The van der Waals surface area contributed by atoms with Crippen LogP contribution in [0.3, 0.4) is 0 Å². The molecule has 1 saturated carbocycles. The van der Waals surface area contributed by atoms with Crippen molar-refractivity contribution in [3.63, 3.8) is 0 Å². The summed E-state index contributed by atoms with van der Waals surface area (Å²) in [6.45, 7) is 2.62. The molecular formula is C18H25N3O4. The van der Waals surface area contributed by atoms with E-state index < -0.39 is 5.97 Å². The van der Waals surface area contributed by atoms with Crippen LogP contribution in [0.2, 0.25) is 0 Å². The highest BCUT2D eigenvalue weighted by molar-refractivity contribution is 5.95. The monoisotopic (exact) mass is 347 g/mol. The predicted octanol–water partition coefficient (Wildman–Crippen LogP) is 2.59. The molecule has 3 amide bonds. The van der Waals surface area contributed by atoms with Crippen LogP contribution < -0.4 is 16.0 Å². The Bertz CT molecular complexity index is 607. The van der Waals surface area contributed by atoms with Crippen LogP contribution in [0.4, 0.5) is 10.5 Å². The van der Waals surface area contributed by atoms with Crippen molar-refractivity contribution < 1.29 is 19.5 Å². The molecule has 4 N–H and O–H groups in total. The van der Waals surface area contributed by atoms with Gasteiger partial charge in [0.1, 0.15) is 0 Å². The van der Waals surface area contributed by atoms with Crippen LogP contribution in [-0.2, 0) is 4.79 Å². The average molecular weight is 347 g/mol. The number of nitrogens with one attached hydrogen (secondary N) is 3. The van der Waals surface area contributed by atoms with E-state index in [4.69, 9.17) is 5.11 Å². The molecule has 2 rings (SSSR count). The number of hydrogen-bond donors (Lipinski definition) is 4. The van der Waals surface area contributed by atoms with Gasteiger partial charge in [-0.15, -0.1) is 0 Å². The first kappa shape index (κ1) is 18.8. The molecule has 1 aliphatic carbocycles. The Morgan fingerprint density at radius 3 is 2.28 bits per heavy atom. The van der Waals surface area contributed by atoms with Gasteiger partial charge in [0.15, 0.2) is 0 Å². The minimum Gasteiger partial charge on any atom is -0.481 e. The summed E-state index contributed by atoms with van der Waals surface area (Å²) >= 11 is 0. The largest absolute Gasteiger partial charge is 0.481 e. The van der Waals surface area contributed by atoms with E-state index in [1.807, 2.05) is 6.92 Å². The van der Waals surface area contributed by atoms with Gasteiger partial charge in [0.05, 0.1) is 5.92 Å². The molecule has 7 nitrogen and oxygen atoms in total. The van der Waals surface area contributed by atoms with Crippen LogP contribution in [0.15, 0.2) is 24.3 Å². The Balaban J connectivity index is 1.79. The van der Waals surface area contributed by atoms with Gasteiger partial charge in [0.25, 0.3) is 5.91 Å². The van der Waals surface area contributed by atoms with Gasteiger partial charge in [-0.05, 0) is 56.4 Å². The molecule has 7 heteroatoms. The minimum absolute atomic E-state index is 0.00491. The number of benzene rings is 1. The van der Waals surface area contributed by atoms with Gasteiger partial charge in [-0.1, -0.05) is 6.92 Å². The smallest absolute Gasteiger partial charge is 0.319 e. The Hall–Kier alpha value is -2.57. The van der Waals surface area contributed by atoms with Crippen molar-refractivity contribution in [2.45, 2.75) is 45.1 Å². The van der Waals surface area contributed by atoms with Crippen molar-refractivity contribution in [1.82, 2.24) is 10.6 Å². The molecule has 1 aliphatic rings. The van der Waals surface area contributed by atoms with Gasteiger partial charge in [-0.2, -0.15) is 0 Å². The van der Waals surface area contributed by atoms with Crippen LogP contribution in [0.5, 0.6) is 0 Å². The minimum atomic E-state index is -0.758. The summed E-state index contributed by atoms with van der Waals surface area (Å²) in [5.41, 5.74) is 1.15. The normalized spacial score (nSPS) is 19.7. The topological polar surface area (TPSA) is 108 Å². The van der Waals surface area contributed by atoms with E-state index in [9.17, 15) is 14.4 Å². The van der Waals surface area contributed by atoms with E-state index in [1.54, 1.807) is 24.3 Å². The van der Waals surface area contributed by atoms with E-state index in [0.717, 1.165) is 6.42 Å². The zero-order chi connectivity index (χ0) is 18.2. The molecular weight excluding hydrogens is 322 g/mol. The number of rotatable bonds is 6. The Morgan fingerprint density at radius 2 is 1.72 bits per heavy atom. The first-order valence-corrected chi connectivity index (χ1v) is 8.68. The molecule has 1 fully saturated rings. The number of carboxylic acid groups (broad SMARTS) is 1. The van der Waals surface area contributed by atoms with Crippen molar-refractivity contribution in [2.24, 2.45) is 5.92 Å². The van der Waals surface area contributed by atoms with Gasteiger partial charge >= 0.3 is 12.0 Å². The van der Waals surface area contributed by atoms with Crippen molar-refractivity contribution in [3.8, 4) is 0 Å². The lowest BCUT2D eigenvalue weighted by molar-refractivity contribution is -0.142. The van der Waals surface area contributed by atoms with Gasteiger partial charge in [-0.3, -0.25) is 9.59 Å². The Labute approximate surface area is 147 Å². The number of urea groups is 1. The lowest BCUT2D eigenvalue weighted by Gasteiger charge is -2.26. The first-order valence-electron chi connectivity index (χ1n) is 8.68. The van der Waals surface area contributed by atoms with Gasteiger partial charge in [0, 0.05) is 23.8 Å². The van der Waals surface area contributed by atoms with Gasteiger partial charge < -0.3 is 21.1 Å². The summed E-state index contributed by atoms with van der Waals surface area (Å²) in [7, 11) is 0. The van der Waals surface area contributed by atoms with E-state index >= 15 is 0 Å². The fourth-order valence-corrected chi connectivity index (χ4v) is 2.88. The van der Waals surface area contributed by atoms with E-state index in [1.165, 1.54) is 0 Å². The second-order valence-electron chi connectivity index (χ2n) is 6.32.